The van der Waals surface area contributed by atoms with Crippen LogP contribution in [-0.4, -0.2) is 29.4 Å². The van der Waals surface area contributed by atoms with E-state index >= 15 is 0 Å². The third-order valence-corrected chi connectivity index (χ3v) is 2.78. The van der Waals surface area contributed by atoms with Crippen molar-refractivity contribution in [3.63, 3.8) is 0 Å². The van der Waals surface area contributed by atoms with Crippen LogP contribution in [0.2, 0.25) is 0 Å². The van der Waals surface area contributed by atoms with Crippen molar-refractivity contribution in [2.24, 2.45) is 0 Å². The first-order chi connectivity index (χ1) is 9.83. The van der Waals surface area contributed by atoms with Crippen LogP contribution in [0.1, 0.15) is 31.1 Å². The first kappa shape index (κ1) is 15.0. The summed E-state index contributed by atoms with van der Waals surface area (Å²) in [5.74, 6) is -1.19. The van der Waals surface area contributed by atoms with E-state index in [1.807, 2.05) is 6.07 Å². The number of aromatic nitrogens is 1. The summed E-state index contributed by atoms with van der Waals surface area (Å²) in [5, 5.41) is 1.29. The molecule has 21 heavy (non-hydrogen) atoms. The van der Waals surface area contributed by atoms with E-state index in [0.29, 0.717) is 16.7 Å². The summed E-state index contributed by atoms with van der Waals surface area (Å²) in [7, 11) is 1.50. The van der Waals surface area contributed by atoms with Gasteiger partial charge in [0.05, 0.1) is 12.7 Å². The number of pyridine rings is 1. The topological polar surface area (TPSA) is 65.5 Å². The van der Waals surface area contributed by atoms with Crippen LogP contribution < -0.4 is 4.74 Å². The van der Waals surface area contributed by atoms with Gasteiger partial charge >= 0.3 is 5.97 Å². The monoisotopic (exact) mass is 287 g/mol. The zero-order valence-corrected chi connectivity index (χ0v) is 12.5. The predicted octanol–water partition coefficient (Wildman–Crippen LogP) is 2.77. The first-order valence-corrected chi connectivity index (χ1v) is 6.53. The summed E-state index contributed by atoms with van der Waals surface area (Å²) in [5.41, 5.74) is -0.511. The van der Waals surface area contributed by atoms with Gasteiger partial charge in [0.2, 0.25) is 5.88 Å². The molecule has 0 radical (unpaired) electrons. The Morgan fingerprint density at radius 1 is 1.10 bits per heavy atom. The summed E-state index contributed by atoms with van der Waals surface area (Å²) < 4.78 is 10.3. The van der Waals surface area contributed by atoms with Gasteiger partial charge in [0.1, 0.15) is 5.60 Å². The molecule has 0 aliphatic heterocycles. The molecule has 5 heteroatoms. The van der Waals surface area contributed by atoms with Gasteiger partial charge in [-0.2, -0.15) is 0 Å². The van der Waals surface area contributed by atoms with Gasteiger partial charge in [-0.3, -0.25) is 4.79 Å². The van der Waals surface area contributed by atoms with Crippen LogP contribution in [0.4, 0.5) is 0 Å². The Morgan fingerprint density at radius 2 is 1.71 bits per heavy atom. The number of Topliss-reactive ketones (excluding diaryl/α,β-unsaturated/α-hetero) is 1. The largest absolute Gasteiger partial charge is 0.481 e. The number of hydrogen-bond acceptors (Lipinski definition) is 5. The van der Waals surface area contributed by atoms with E-state index in [-0.39, 0.29) is 5.56 Å². The second-order valence-corrected chi connectivity index (χ2v) is 5.56. The summed E-state index contributed by atoms with van der Waals surface area (Å²) >= 11 is 0. The average molecular weight is 287 g/mol. The number of nitrogens with zero attached hydrogens (tertiary/aromatic N) is 1. The van der Waals surface area contributed by atoms with Crippen LogP contribution >= 0.6 is 0 Å². The fraction of sp³-hybridized carbons (Fsp3) is 0.312. The average Bonchev–Trinajstić information content (AvgIpc) is 2.43. The van der Waals surface area contributed by atoms with E-state index in [1.165, 1.54) is 13.3 Å². The van der Waals surface area contributed by atoms with E-state index in [4.69, 9.17) is 9.47 Å². The molecule has 1 aromatic carbocycles. The standard InChI is InChI=1S/C16H17NO4/c1-16(2,3)21-15(19)13(18)12-9-17-14(20-4)11-8-6-5-7-10(11)12/h5-9H,1-4H3. The molecule has 1 aromatic heterocycles. The predicted molar refractivity (Wildman–Crippen MR) is 78.5 cm³/mol. The van der Waals surface area contributed by atoms with Crippen LogP contribution in [0.15, 0.2) is 30.5 Å². The van der Waals surface area contributed by atoms with Crippen LogP contribution in [0.5, 0.6) is 5.88 Å². The quantitative estimate of drug-likeness (QED) is 0.493. The Hall–Kier alpha value is -2.43. The van der Waals surface area contributed by atoms with E-state index in [1.54, 1.807) is 39.0 Å². The number of carbonyl (C=O) groups is 2. The maximum atomic E-state index is 12.3. The van der Waals surface area contributed by atoms with Gasteiger partial charge in [0, 0.05) is 17.0 Å². The second-order valence-electron chi connectivity index (χ2n) is 5.56. The highest BCUT2D eigenvalue weighted by molar-refractivity contribution is 6.43. The number of ketones is 1. The van der Waals surface area contributed by atoms with Gasteiger partial charge in [0.15, 0.2) is 0 Å². The minimum atomic E-state index is -0.889. The van der Waals surface area contributed by atoms with Crippen molar-refractivity contribution < 1.29 is 19.1 Å². The minimum Gasteiger partial charge on any atom is -0.481 e. The lowest BCUT2D eigenvalue weighted by Crippen LogP contribution is -2.29. The van der Waals surface area contributed by atoms with Crippen LogP contribution in [0.25, 0.3) is 10.8 Å². The zero-order chi connectivity index (χ0) is 15.6. The number of benzene rings is 1. The van der Waals surface area contributed by atoms with Gasteiger partial charge in [-0.05, 0) is 26.8 Å². The molecule has 0 unspecified atom stereocenters. The summed E-state index contributed by atoms with van der Waals surface area (Å²) in [4.78, 5) is 28.3. The van der Waals surface area contributed by atoms with Crippen molar-refractivity contribution in [3.8, 4) is 5.88 Å². The molecule has 1 heterocycles. The summed E-state index contributed by atoms with van der Waals surface area (Å²) in [6, 6.07) is 7.13. The van der Waals surface area contributed by atoms with Crippen molar-refractivity contribution in [2.75, 3.05) is 7.11 Å². The van der Waals surface area contributed by atoms with Gasteiger partial charge in [-0.1, -0.05) is 18.2 Å². The van der Waals surface area contributed by atoms with Gasteiger partial charge in [-0.15, -0.1) is 0 Å². The lowest BCUT2D eigenvalue weighted by molar-refractivity contribution is -0.148. The number of hydrogen-bond donors (Lipinski definition) is 0. The van der Waals surface area contributed by atoms with E-state index in [0.717, 1.165) is 0 Å². The van der Waals surface area contributed by atoms with Crippen LogP contribution in [0, 0.1) is 0 Å². The molecule has 0 bridgehead atoms. The fourth-order valence-corrected chi connectivity index (χ4v) is 1.94. The molecule has 2 aromatic rings. The number of esters is 1. The lowest BCUT2D eigenvalue weighted by atomic mass is 10.0. The van der Waals surface area contributed by atoms with E-state index in [9.17, 15) is 9.59 Å². The maximum absolute atomic E-state index is 12.3. The van der Waals surface area contributed by atoms with E-state index in [2.05, 4.69) is 4.98 Å². The van der Waals surface area contributed by atoms with Gasteiger partial charge in [-0.25, -0.2) is 9.78 Å². The molecule has 0 spiro atoms. The Labute approximate surface area is 122 Å². The molecule has 0 atom stereocenters. The van der Waals surface area contributed by atoms with Crippen molar-refractivity contribution in [1.29, 1.82) is 0 Å². The second kappa shape index (κ2) is 5.52. The molecule has 0 saturated heterocycles. The molecule has 0 aliphatic carbocycles. The molecule has 0 N–H and O–H groups in total. The molecule has 5 nitrogen and oxygen atoms in total. The number of ether oxygens (including phenoxy) is 2. The maximum Gasteiger partial charge on any atom is 0.380 e. The zero-order valence-electron chi connectivity index (χ0n) is 12.5. The summed E-state index contributed by atoms with van der Waals surface area (Å²) in [6.45, 7) is 5.13. The highest BCUT2D eigenvalue weighted by Crippen LogP contribution is 2.26. The highest BCUT2D eigenvalue weighted by atomic mass is 16.6. The number of rotatable bonds is 3. The van der Waals surface area contributed by atoms with Crippen LogP contribution in [0.3, 0.4) is 0 Å². The van der Waals surface area contributed by atoms with Gasteiger partial charge in [0.25, 0.3) is 5.78 Å². The minimum absolute atomic E-state index is 0.209. The Morgan fingerprint density at radius 3 is 2.29 bits per heavy atom. The molecule has 0 fully saturated rings. The number of methoxy groups -OCH3 is 1. The first-order valence-electron chi connectivity index (χ1n) is 6.53. The normalized spacial score (nSPS) is 11.2. The SMILES string of the molecule is COc1ncc(C(=O)C(=O)OC(C)(C)C)c2ccccc12. The smallest absolute Gasteiger partial charge is 0.380 e. The van der Waals surface area contributed by atoms with Crippen molar-refractivity contribution in [2.45, 2.75) is 26.4 Å². The van der Waals surface area contributed by atoms with E-state index < -0.39 is 17.4 Å². The molecule has 0 saturated carbocycles. The lowest BCUT2D eigenvalue weighted by Gasteiger charge is -2.19. The third-order valence-electron chi connectivity index (χ3n) is 2.78. The Kier molecular flexibility index (Phi) is 3.93. The molecular weight excluding hydrogens is 270 g/mol. The molecular formula is C16H17NO4. The molecule has 0 aliphatic rings. The van der Waals surface area contributed by atoms with Crippen molar-refractivity contribution >= 4 is 22.5 Å². The Balaban J connectivity index is 2.48. The molecule has 110 valence electrons. The highest BCUT2D eigenvalue weighted by Gasteiger charge is 2.26. The number of carbonyl (C=O) groups excluding carboxylic acids is 2. The molecule has 0 amide bonds. The van der Waals surface area contributed by atoms with Crippen LogP contribution in [-0.2, 0) is 9.53 Å². The molecule has 2 rings (SSSR count). The van der Waals surface area contributed by atoms with Crippen molar-refractivity contribution in [3.05, 3.63) is 36.0 Å². The van der Waals surface area contributed by atoms with Crippen molar-refractivity contribution in [1.82, 2.24) is 4.98 Å². The fourth-order valence-electron chi connectivity index (χ4n) is 1.94. The van der Waals surface area contributed by atoms with Gasteiger partial charge < -0.3 is 9.47 Å². The third kappa shape index (κ3) is 3.18. The Bertz CT molecular complexity index is 701. The summed E-state index contributed by atoms with van der Waals surface area (Å²) in [6.07, 6.45) is 1.34. The number of fused-ring (bicyclic) bond motifs is 1.